The summed E-state index contributed by atoms with van der Waals surface area (Å²) in [6, 6.07) is 4.40. The summed E-state index contributed by atoms with van der Waals surface area (Å²) in [7, 11) is 3.44. The minimum absolute atomic E-state index is 0.0817. The summed E-state index contributed by atoms with van der Waals surface area (Å²) in [4.78, 5) is 17.4. The van der Waals surface area contributed by atoms with E-state index in [0.717, 1.165) is 23.9 Å². The molecule has 1 aromatic heterocycles. The second kappa shape index (κ2) is 10.4. The number of carbonyl (C=O) groups is 1. The molecule has 1 heterocycles. The topological polar surface area (TPSA) is 78.0 Å². The van der Waals surface area contributed by atoms with Crippen molar-refractivity contribution in [3.8, 4) is 5.75 Å². The lowest BCUT2D eigenvalue weighted by Crippen LogP contribution is -2.28. The highest BCUT2D eigenvalue weighted by molar-refractivity contribution is 5.97. The summed E-state index contributed by atoms with van der Waals surface area (Å²) in [6.45, 7) is 9.81. The van der Waals surface area contributed by atoms with Crippen LogP contribution in [0.5, 0.6) is 5.75 Å². The van der Waals surface area contributed by atoms with Gasteiger partial charge in [-0.05, 0) is 38.5 Å². The lowest BCUT2D eigenvalue weighted by atomic mass is 9.92. The molecule has 0 radical (unpaired) electrons. The van der Waals surface area contributed by atoms with Crippen molar-refractivity contribution in [1.82, 2.24) is 9.36 Å². The highest BCUT2D eigenvalue weighted by Crippen LogP contribution is 2.33. The third kappa shape index (κ3) is 7.20. The van der Waals surface area contributed by atoms with E-state index in [9.17, 15) is 23.1 Å². The molecule has 1 N–H and O–H groups in total. The second-order valence-corrected chi connectivity index (χ2v) is 9.86. The molecule has 1 aromatic carbocycles. The van der Waals surface area contributed by atoms with Gasteiger partial charge >= 0.3 is 6.18 Å². The first-order chi connectivity index (χ1) is 15.5. The smallest absolute Gasteiger partial charge is 0.416 e. The quantitative estimate of drug-likeness (QED) is 0.572. The summed E-state index contributed by atoms with van der Waals surface area (Å²) in [5.74, 6) is -0.954. The largest absolute Gasteiger partial charge is 0.490 e. The average Bonchev–Trinajstić information content (AvgIpc) is 3.01. The number of hydrogen-bond donors (Lipinski definition) is 1. The number of ether oxygens (including phenoxy) is 2. The minimum Gasteiger partial charge on any atom is -0.490 e. The summed E-state index contributed by atoms with van der Waals surface area (Å²) >= 11 is 0. The molecule has 0 unspecified atom stereocenters. The zero-order valence-electron chi connectivity index (χ0n) is 20.8. The van der Waals surface area contributed by atoms with Crippen molar-refractivity contribution in [3.05, 3.63) is 46.6 Å². The number of carbonyl (C=O) groups excluding carboxylic acids is 1. The second-order valence-electron chi connectivity index (χ2n) is 9.86. The van der Waals surface area contributed by atoms with Gasteiger partial charge in [0.1, 0.15) is 12.4 Å². The Morgan fingerprint density at radius 1 is 1.12 bits per heavy atom. The number of alkyl halides is 3. The van der Waals surface area contributed by atoms with Crippen molar-refractivity contribution in [2.75, 3.05) is 20.3 Å². The number of hydrogen-bond acceptors (Lipinski definition) is 4. The van der Waals surface area contributed by atoms with Crippen LogP contribution in [0.15, 0.2) is 29.3 Å². The molecule has 0 aliphatic carbocycles. The fraction of sp³-hybridized carbons (Fsp3) is 0.583. The van der Waals surface area contributed by atoms with Gasteiger partial charge < -0.3 is 14.6 Å². The highest BCUT2D eigenvalue weighted by atomic mass is 19.4. The molecule has 0 saturated heterocycles. The van der Waals surface area contributed by atoms with Crippen LogP contribution < -0.4 is 10.2 Å². The van der Waals surface area contributed by atoms with Gasteiger partial charge in [-0.2, -0.15) is 18.2 Å². The van der Waals surface area contributed by atoms with E-state index >= 15 is 0 Å². The Labute approximate surface area is 197 Å². The molecule has 7 nitrogen and oxygen atoms in total. The van der Waals surface area contributed by atoms with Gasteiger partial charge in [0.15, 0.2) is 5.49 Å². The van der Waals surface area contributed by atoms with Gasteiger partial charge in [-0.3, -0.25) is 14.2 Å². The first kappa shape index (κ1) is 27.7. The fourth-order valence-corrected chi connectivity index (χ4v) is 3.41. The molecule has 10 heteroatoms. The number of rotatable bonds is 8. The predicted molar refractivity (Wildman–Crippen MR) is 122 cm³/mol. The predicted octanol–water partition coefficient (Wildman–Crippen LogP) is 4.07. The van der Waals surface area contributed by atoms with E-state index in [-0.39, 0.29) is 23.3 Å². The van der Waals surface area contributed by atoms with Gasteiger partial charge in [-0.1, -0.05) is 20.8 Å². The van der Waals surface area contributed by atoms with Crippen molar-refractivity contribution in [2.24, 2.45) is 12.0 Å². The van der Waals surface area contributed by atoms with E-state index in [1.165, 1.54) is 13.8 Å². The number of halogens is 3. The Hall–Kier alpha value is -2.59. The zero-order chi connectivity index (χ0) is 25.9. The van der Waals surface area contributed by atoms with E-state index in [1.807, 2.05) is 32.5 Å². The van der Waals surface area contributed by atoms with Crippen LogP contribution in [0.25, 0.3) is 0 Å². The molecule has 0 aliphatic heterocycles. The lowest BCUT2D eigenvalue weighted by Gasteiger charge is -2.20. The molecule has 1 amide bonds. The van der Waals surface area contributed by atoms with Crippen LogP contribution in [0, 0.1) is 0 Å². The molecule has 190 valence electrons. The molecular formula is C24H34F3N3O4. The Kier molecular flexibility index (Phi) is 8.42. The number of nitrogens with zero attached hydrogens (tertiary/aromatic N) is 3. The first-order valence-corrected chi connectivity index (χ1v) is 11.0. The maximum atomic E-state index is 13.3. The highest BCUT2D eigenvalue weighted by Gasteiger charge is 2.32. The average molecular weight is 486 g/mol. The van der Waals surface area contributed by atoms with E-state index < -0.39 is 23.2 Å². The third-order valence-corrected chi connectivity index (χ3v) is 5.06. The summed E-state index contributed by atoms with van der Waals surface area (Å²) in [6.07, 6.45) is -3.99. The maximum absolute atomic E-state index is 13.3. The van der Waals surface area contributed by atoms with Gasteiger partial charge in [0.2, 0.25) is 0 Å². The molecule has 34 heavy (non-hydrogen) atoms. The van der Waals surface area contributed by atoms with Crippen molar-refractivity contribution in [3.63, 3.8) is 0 Å². The van der Waals surface area contributed by atoms with Crippen LogP contribution in [-0.2, 0) is 29.9 Å². The van der Waals surface area contributed by atoms with Crippen LogP contribution in [0.3, 0.4) is 0 Å². The van der Waals surface area contributed by atoms with Crippen LogP contribution in [0.2, 0.25) is 0 Å². The van der Waals surface area contributed by atoms with E-state index in [2.05, 4.69) is 4.99 Å². The van der Waals surface area contributed by atoms with Crippen LogP contribution in [0.1, 0.15) is 62.7 Å². The number of aliphatic hydroxyl groups is 1. The van der Waals surface area contributed by atoms with Crippen molar-refractivity contribution >= 4 is 5.91 Å². The Morgan fingerprint density at radius 3 is 2.29 bits per heavy atom. The molecule has 0 fully saturated rings. The van der Waals surface area contributed by atoms with Gasteiger partial charge in [-0.25, -0.2) is 0 Å². The van der Waals surface area contributed by atoms with Gasteiger partial charge in [0, 0.05) is 44.5 Å². The van der Waals surface area contributed by atoms with Gasteiger partial charge in [-0.15, -0.1) is 0 Å². The SMILES string of the molecule is COCCCn1/c(=N/C(=O)c2cc(C(F)(F)F)ccc2OCC(C)(C)O)cc(C(C)(C)C)n1C. The van der Waals surface area contributed by atoms with Gasteiger partial charge in [0.05, 0.1) is 16.7 Å². The summed E-state index contributed by atoms with van der Waals surface area (Å²) in [5.41, 5.74) is -1.60. The normalized spacial score (nSPS) is 13.4. The number of aromatic nitrogens is 2. The zero-order valence-corrected chi connectivity index (χ0v) is 20.8. The molecule has 2 aromatic rings. The van der Waals surface area contributed by atoms with Crippen LogP contribution >= 0.6 is 0 Å². The lowest BCUT2D eigenvalue weighted by molar-refractivity contribution is -0.137. The summed E-state index contributed by atoms with van der Waals surface area (Å²) in [5, 5.41) is 9.95. The number of amides is 1. The van der Waals surface area contributed by atoms with Crippen molar-refractivity contribution < 1.29 is 32.5 Å². The Balaban J connectivity index is 2.62. The molecule has 0 aliphatic rings. The minimum atomic E-state index is -4.64. The number of methoxy groups -OCH3 is 1. The molecule has 0 atom stereocenters. The van der Waals surface area contributed by atoms with E-state index in [0.29, 0.717) is 25.1 Å². The molecular weight excluding hydrogens is 451 g/mol. The van der Waals surface area contributed by atoms with Crippen molar-refractivity contribution in [2.45, 2.75) is 64.8 Å². The monoisotopic (exact) mass is 485 g/mol. The summed E-state index contributed by atoms with van der Waals surface area (Å²) < 4.78 is 54.3. The van der Waals surface area contributed by atoms with Crippen LogP contribution in [0.4, 0.5) is 13.2 Å². The molecule has 2 rings (SSSR count). The Morgan fingerprint density at radius 2 is 1.76 bits per heavy atom. The third-order valence-electron chi connectivity index (χ3n) is 5.06. The van der Waals surface area contributed by atoms with E-state index in [4.69, 9.17) is 9.47 Å². The maximum Gasteiger partial charge on any atom is 0.416 e. The van der Waals surface area contributed by atoms with Gasteiger partial charge in [0.25, 0.3) is 5.91 Å². The van der Waals surface area contributed by atoms with Crippen molar-refractivity contribution in [1.29, 1.82) is 0 Å². The molecule has 0 bridgehead atoms. The fourth-order valence-electron chi connectivity index (χ4n) is 3.41. The number of benzene rings is 1. The molecule has 0 spiro atoms. The Bertz CT molecular complexity index is 1070. The first-order valence-electron chi connectivity index (χ1n) is 11.0. The standard InChI is InChI=1S/C24H34F3N3O4/c1-22(2,3)19-14-20(30(29(19)6)11-8-12-33-7)28-21(31)17-13-16(24(25,26)27)9-10-18(17)34-15-23(4,5)32/h9-10,13-14,32H,8,11-12,15H2,1-7H3/b28-20+. The van der Waals surface area contributed by atoms with E-state index in [1.54, 1.807) is 17.9 Å². The molecule has 0 saturated carbocycles. The van der Waals surface area contributed by atoms with Crippen LogP contribution in [-0.4, -0.2) is 46.3 Å².